The second-order valence-corrected chi connectivity index (χ2v) is 3.90. The van der Waals surface area contributed by atoms with E-state index in [9.17, 15) is 0 Å². The van der Waals surface area contributed by atoms with Gasteiger partial charge in [0, 0.05) is 12.8 Å². The van der Waals surface area contributed by atoms with E-state index in [0.717, 1.165) is 31.4 Å². The van der Waals surface area contributed by atoms with E-state index in [1.165, 1.54) is 11.1 Å². The molecule has 0 aliphatic carbocycles. The minimum atomic E-state index is 0.929. The van der Waals surface area contributed by atoms with Crippen LogP contribution in [0.2, 0.25) is 0 Å². The molecule has 86 valence electrons. The number of unbranched alkanes of at least 4 members (excludes halogenated alkanes) is 1. The minimum Gasteiger partial charge on any atom is -0.497 e. The van der Waals surface area contributed by atoms with Gasteiger partial charge in [0.1, 0.15) is 5.75 Å². The average molecular weight is 216 g/mol. The van der Waals surface area contributed by atoms with Crippen molar-refractivity contribution in [1.29, 1.82) is 0 Å². The number of benzene rings is 1. The summed E-state index contributed by atoms with van der Waals surface area (Å²) in [5.74, 6) is 7.31. The van der Waals surface area contributed by atoms with Gasteiger partial charge in [0.25, 0.3) is 0 Å². The molecule has 0 radical (unpaired) electrons. The molecule has 0 atom stereocenters. The smallest absolute Gasteiger partial charge is 0.119 e. The van der Waals surface area contributed by atoms with Gasteiger partial charge in [0.15, 0.2) is 0 Å². The van der Waals surface area contributed by atoms with Crippen LogP contribution in [0.4, 0.5) is 0 Å². The van der Waals surface area contributed by atoms with Crippen molar-refractivity contribution in [3.63, 3.8) is 0 Å². The molecule has 1 nitrogen and oxygen atoms in total. The Morgan fingerprint density at radius 2 is 1.94 bits per heavy atom. The molecule has 1 rings (SSSR count). The molecule has 0 aliphatic rings. The minimum absolute atomic E-state index is 0.929. The summed E-state index contributed by atoms with van der Waals surface area (Å²) in [4.78, 5) is 0. The molecule has 1 heteroatoms. The third-order valence-electron chi connectivity index (χ3n) is 2.57. The predicted octanol–water partition coefficient (Wildman–Crippen LogP) is 3.74. The van der Waals surface area contributed by atoms with Crippen LogP contribution in [0.3, 0.4) is 0 Å². The highest BCUT2D eigenvalue weighted by Gasteiger charge is 1.99. The summed E-state index contributed by atoms with van der Waals surface area (Å²) in [6, 6.07) is 6.23. The molecule has 0 saturated heterocycles. The number of ether oxygens (including phenoxy) is 1. The van der Waals surface area contributed by atoms with Crippen LogP contribution in [0.5, 0.6) is 5.75 Å². The van der Waals surface area contributed by atoms with Crippen molar-refractivity contribution in [3.8, 4) is 17.6 Å². The number of hydrogen-bond acceptors (Lipinski definition) is 1. The van der Waals surface area contributed by atoms with Gasteiger partial charge >= 0.3 is 0 Å². The van der Waals surface area contributed by atoms with Gasteiger partial charge in [0.05, 0.1) is 7.11 Å². The van der Waals surface area contributed by atoms with Crippen molar-refractivity contribution >= 4 is 0 Å². The number of aryl methyl sites for hydroxylation is 2. The Morgan fingerprint density at radius 3 is 2.56 bits per heavy atom. The van der Waals surface area contributed by atoms with Crippen LogP contribution in [0.15, 0.2) is 18.2 Å². The van der Waals surface area contributed by atoms with Crippen LogP contribution in [-0.4, -0.2) is 7.11 Å². The lowest BCUT2D eigenvalue weighted by Crippen LogP contribution is -1.90. The summed E-state index contributed by atoms with van der Waals surface area (Å²) < 4.78 is 5.18. The topological polar surface area (TPSA) is 9.23 Å². The fraction of sp³-hybridized carbons (Fsp3) is 0.467. The number of hydrogen-bond donors (Lipinski definition) is 0. The first kappa shape index (κ1) is 12.6. The van der Waals surface area contributed by atoms with Gasteiger partial charge in [-0.2, -0.15) is 0 Å². The second kappa shape index (κ2) is 6.95. The van der Waals surface area contributed by atoms with Gasteiger partial charge < -0.3 is 4.74 Å². The summed E-state index contributed by atoms with van der Waals surface area (Å²) in [6.45, 7) is 4.28. The molecule has 0 saturated carbocycles. The van der Waals surface area contributed by atoms with Crippen LogP contribution in [0.1, 0.15) is 37.3 Å². The monoisotopic (exact) mass is 216 g/mol. The molecule has 16 heavy (non-hydrogen) atoms. The Kier molecular flexibility index (Phi) is 5.50. The Balaban J connectivity index is 2.52. The lowest BCUT2D eigenvalue weighted by molar-refractivity contribution is 0.414. The molecule has 0 unspecified atom stereocenters. The molecule has 0 amide bonds. The second-order valence-electron chi connectivity index (χ2n) is 3.90. The van der Waals surface area contributed by atoms with E-state index in [2.05, 4.69) is 37.8 Å². The van der Waals surface area contributed by atoms with Crippen molar-refractivity contribution in [1.82, 2.24) is 0 Å². The van der Waals surface area contributed by atoms with Crippen molar-refractivity contribution in [2.75, 3.05) is 7.11 Å². The van der Waals surface area contributed by atoms with E-state index in [0.29, 0.717) is 0 Å². The first-order valence-electron chi connectivity index (χ1n) is 5.87. The zero-order chi connectivity index (χ0) is 11.8. The van der Waals surface area contributed by atoms with Crippen LogP contribution in [-0.2, 0) is 6.42 Å². The predicted molar refractivity (Wildman–Crippen MR) is 68.7 cm³/mol. The first-order chi connectivity index (χ1) is 7.77. The average Bonchev–Trinajstić information content (AvgIpc) is 2.30. The molecule has 0 spiro atoms. The quantitative estimate of drug-likeness (QED) is 0.697. The van der Waals surface area contributed by atoms with E-state index >= 15 is 0 Å². The summed E-state index contributed by atoms with van der Waals surface area (Å²) in [5.41, 5.74) is 2.66. The zero-order valence-corrected chi connectivity index (χ0v) is 10.5. The van der Waals surface area contributed by atoms with Crippen molar-refractivity contribution in [2.45, 2.75) is 39.5 Å². The fourth-order valence-corrected chi connectivity index (χ4v) is 1.57. The third-order valence-corrected chi connectivity index (χ3v) is 2.57. The molecular weight excluding hydrogens is 196 g/mol. The van der Waals surface area contributed by atoms with E-state index in [1.807, 2.05) is 6.07 Å². The van der Waals surface area contributed by atoms with Gasteiger partial charge in [-0.3, -0.25) is 0 Å². The van der Waals surface area contributed by atoms with Crippen molar-refractivity contribution in [3.05, 3.63) is 29.3 Å². The lowest BCUT2D eigenvalue weighted by Gasteiger charge is -2.06. The highest BCUT2D eigenvalue weighted by Crippen LogP contribution is 2.17. The first-order valence-corrected chi connectivity index (χ1v) is 5.87. The van der Waals surface area contributed by atoms with E-state index in [4.69, 9.17) is 4.74 Å². The van der Waals surface area contributed by atoms with Gasteiger partial charge in [-0.25, -0.2) is 0 Å². The van der Waals surface area contributed by atoms with Crippen LogP contribution >= 0.6 is 0 Å². The van der Waals surface area contributed by atoms with Crippen LogP contribution < -0.4 is 4.74 Å². The lowest BCUT2D eigenvalue weighted by atomic mass is 10.0. The maximum Gasteiger partial charge on any atom is 0.119 e. The van der Waals surface area contributed by atoms with Gasteiger partial charge in [0.2, 0.25) is 0 Å². The maximum atomic E-state index is 5.18. The Morgan fingerprint density at radius 1 is 1.19 bits per heavy atom. The fourth-order valence-electron chi connectivity index (χ4n) is 1.57. The molecule has 1 aromatic carbocycles. The molecule has 0 N–H and O–H groups in total. The van der Waals surface area contributed by atoms with Gasteiger partial charge in [-0.15, -0.1) is 11.8 Å². The van der Waals surface area contributed by atoms with E-state index in [1.54, 1.807) is 7.11 Å². The summed E-state index contributed by atoms with van der Waals surface area (Å²) in [7, 11) is 1.70. The van der Waals surface area contributed by atoms with Crippen LogP contribution in [0, 0.1) is 18.8 Å². The largest absolute Gasteiger partial charge is 0.497 e. The SMILES string of the molecule is CCCC#CCCc1ccc(OC)cc1C. The Bertz CT molecular complexity index is 382. The molecular formula is C15H20O. The van der Waals surface area contributed by atoms with Crippen molar-refractivity contribution in [2.24, 2.45) is 0 Å². The van der Waals surface area contributed by atoms with Crippen LogP contribution in [0.25, 0.3) is 0 Å². The third kappa shape index (κ3) is 3.98. The molecule has 0 bridgehead atoms. The maximum absolute atomic E-state index is 5.18. The molecule has 0 fully saturated rings. The van der Waals surface area contributed by atoms with Gasteiger partial charge in [-0.1, -0.05) is 13.0 Å². The summed E-state index contributed by atoms with van der Waals surface area (Å²) in [6.07, 6.45) is 4.15. The highest BCUT2D eigenvalue weighted by molar-refractivity contribution is 5.35. The summed E-state index contributed by atoms with van der Waals surface area (Å²) in [5, 5.41) is 0. The molecule has 0 heterocycles. The molecule has 0 aromatic heterocycles. The highest BCUT2D eigenvalue weighted by atomic mass is 16.5. The van der Waals surface area contributed by atoms with Crippen molar-refractivity contribution < 1.29 is 4.74 Å². The Labute approximate surface area is 98.8 Å². The standard InChI is InChI=1S/C15H20O/c1-4-5-6-7-8-9-14-10-11-15(16-3)12-13(14)2/h10-12H,4-5,8-9H2,1-3H3. The van der Waals surface area contributed by atoms with E-state index < -0.39 is 0 Å². The van der Waals surface area contributed by atoms with Gasteiger partial charge in [-0.05, 0) is 43.0 Å². The summed E-state index contributed by atoms with van der Waals surface area (Å²) >= 11 is 0. The number of rotatable bonds is 4. The number of methoxy groups -OCH3 is 1. The van der Waals surface area contributed by atoms with E-state index in [-0.39, 0.29) is 0 Å². The molecule has 1 aromatic rings. The Hall–Kier alpha value is -1.42. The normalized spacial score (nSPS) is 9.44. The zero-order valence-electron chi connectivity index (χ0n) is 10.5. The molecule has 0 aliphatic heterocycles.